The van der Waals surface area contributed by atoms with E-state index in [1.54, 1.807) is 26.3 Å². The first-order valence-electron chi connectivity index (χ1n) is 9.19. The molecule has 1 aliphatic rings. The summed E-state index contributed by atoms with van der Waals surface area (Å²) in [6, 6.07) is 5.61. The normalized spacial score (nSPS) is 14.9. The molecule has 1 fully saturated rings. The van der Waals surface area contributed by atoms with Crippen LogP contribution >= 0.6 is 0 Å². The molecule has 9 nitrogen and oxygen atoms in total. The van der Waals surface area contributed by atoms with Crippen molar-refractivity contribution in [1.29, 1.82) is 0 Å². The Morgan fingerprint density at radius 2 is 1.89 bits per heavy atom. The standard InChI is InChI=1S/C19H22N6O3/c1-12-10-16(19-24-21-13(2)27-19)22-23-18(12)25-8-6-14(7-9-25)28-15-4-5-17(26-3)20-11-15/h4-5,10-11,14H,6-9H2,1-3H3. The molecule has 0 saturated carbocycles. The lowest BCUT2D eigenvalue weighted by molar-refractivity contribution is 0.169. The Labute approximate surface area is 162 Å². The number of anilines is 1. The monoisotopic (exact) mass is 382 g/mol. The summed E-state index contributed by atoms with van der Waals surface area (Å²) in [6.45, 7) is 5.47. The molecule has 3 aromatic heterocycles. The lowest BCUT2D eigenvalue weighted by Gasteiger charge is -2.33. The molecule has 0 N–H and O–H groups in total. The van der Waals surface area contributed by atoms with Crippen molar-refractivity contribution < 1.29 is 13.9 Å². The summed E-state index contributed by atoms with van der Waals surface area (Å²) < 4.78 is 16.5. The predicted octanol–water partition coefficient (Wildman–Crippen LogP) is 2.59. The van der Waals surface area contributed by atoms with Crippen LogP contribution in [0.1, 0.15) is 24.3 Å². The molecular formula is C19H22N6O3. The maximum atomic E-state index is 6.04. The minimum absolute atomic E-state index is 0.153. The predicted molar refractivity (Wildman–Crippen MR) is 101 cm³/mol. The molecule has 0 spiro atoms. The van der Waals surface area contributed by atoms with E-state index in [0.717, 1.165) is 43.1 Å². The van der Waals surface area contributed by atoms with Crippen molar-refractivity contribution in [1.82, 2.24) is 25.4 Å². The highest BCUT2D eigenvalue weighted by Crippen LogP contribution is 2.26. The van der Waals surface area contributed by atoms with Crippen LogP contribution in [0.5, 0.6) is 11.6 Å². The second-order valence-corrected chi connectivity index (χ2v) is 6.70. The quantitative estimate of drug-likeness (QED) is 0.659. The maximum absolute atomic E-state index is 6.04. The Morgan fingerprint density at radius 1 is 1.07 bits per heavy atom. The average Bonchev–Trinajstić information content (AvgIpc) is 3.16. The summed E-state index contributed by atoms with van der Waals surface area (Å²) in [5.41, 5.74) is 1.62. The van der Waals surface area contributed by atoms with E-state index in [9.17, 15) is 0 Å². The van der Waals surface area contributed by atoms with Crippen LogP contribution in [0.15, 0.2) is 28.8 Å². The van der Waals surface area contributed by atoms with E-state index in [0.29, 0.717) is 23.4 Å². The van der Waals surface area contributed by atoms with Gasteiger partial charge in [0.25, 0.3) is 5.89 Å². The number of hydrogen-bond donors (Lipinski definition) is 0. The van der Waals surface area contributed by atoms with Crippen LogP contribution in [0.4, 0.5) is 5.82 Å². The SMILES string of the molecule is COc1ccc(OC2CCN(c3nnc(-c4nnc(C)o4)cc3C)CC2)cn1. The van der Waals surface area contributed by atoms with E-state index >= 15 is 0 Å². The van der Waals surface area contributed by atoms with Crippen molar-refractivity contribution in [3.05, 3.63) is 35.9 Å². The van der Waals surface area contributed by atoms with Crippen molar-refractivity contribution in [2.75, 3.05) is 25.1 Å². The van der Waals surface area contributed by atoms with E-state index in [1.807, 2.05) is 19.1 Å². The number of pyridine rings is 1. The van der Waals surface area contributed by atoms with Crippen LogP contribution in [0.25, 0.3) is 11.6 Å². The van der Waals surface area contributed by atoms with Gasteiger partial charge in [0.2, 0.25) is 11.8 Å². The van der Waals surface area contributed by atoms with Gasteiger partial charge < -0.3 is 18.8 Å². The molecular weight excluding hydrogens is 360 g/mol. The number of methoxy groups -OCH3 is 1. The zero-order chi connectivity index (χ0) is 19.5. The van der Waals surface area contributed by atoms with Crippen LogP contribution in [-0.2, 0) is 0 Å². The first-order valence-corrected chi connectivity index (χ1v) is 9.19. The third kappa shape index (κ3) is 3.88. The van der Waals surface area contributed by atoms with Crippen molar-refractivity contribution in [3.63, 3.8) is 0 Å². The second-order valence-electron chi connectivity index (χ2n) is 6.70. The van der Waals surface area contributed by atoms with E-state index in [1.165, 1.54) is 0 Å². The van der Waals surface area contributed by atoms with Gasteiger partial charge in [-0.1, -0.05) is 0 Å². The van der Waals surface area contributed by atoms with Gasteiger partial charge in [0.15, 0.2) is 11.5 Å². The van der Waals surface area contributed by atoms with Crippen molar-refractivity contribution in [2.24, 2.45) is 0 Å². The van der Waals surface area contributed by atoms with Crippen LogP contribution in [0.2, 0.25) is 0 Å². The number of hydrogen-bond acceptors (Lipinski definition) is 9. The number of aryl methyl sites for hydroxylation is 2. The number of rotatable bonds is 5. The van der Waals surface area contributed by atoms with Gasteiger partial charge in [-0.25, -0.2) is 4.98 Å². The summed E-state index contributed by atoms with van der Waals surface area (Å²) >= 11 is 0. The van der Waals surface area contributed by atoms with Gasteiger partial charge in [-0.3, -0.25) is 0 Å². The highest BCUT2D eigenvalue weighted by molar-refractivity contribution is 5.54. The van der Waals surface area contributed by atoms with Gasteiger partial charge in [-0.2, -0.15) is 0 Å². The molecule has 1 aliphatic heterocycles. The van der Waals surface area contributed by atoms with E-state index in [2.05, 4.69) is 30.3 Å². The molecule has 0 atom stereocenters. The Balaban J connectivity index is 1.38. The smallest absolute Gasteiger partial charge is 0.268 e. The molecule has 146 valence electrons. The maximum Gasteiger partial charge on any atom is 0.268 e. The fourth-order valence-corrected chi connectivity index (χ4v) is 3.23. The Morgan fingerprint density at radius 3 is 2.50 bits per heavy atom. The van der Waals surface area contributed by atoms with Gasteiger partial charge in [-0.05, 0) is 24.6 Å². The molecule has 0 amide bonds. The first kappa shape index (κ1) is 18.1. The number of piperidine rings is 1. The summed E-state index contributed by atoms with van der Waals surface area (Å²) in [7, 11) is 1.60. The average molecular weight is 382 g/mol. The minimum atomic E-state index is 0.153. The molecule has 3 aromatic rings. The molecule has 0 aromatic carbocycles. The zero-order valence-electron chi connectivity index (χ0n) is 16.1. The van der Waals surface area contributed by atoms with Crippen LogP contribution in [-0.4, -0.2) is 51.7 Å². The third-order valence-electron chi connectivity index (χ3n) is 4.67. The number of aromatic nitrogens is 5. The van der Waals surface area contributed by atoms with Gasteiger partial charge >= 0.3 is 0 Å². The third-order valence-corrected chi connectivity index (χ3v) is 4.67. The van der Waals surface area contributed by atoms with Crippen molar-refractivity contribution in [3.8, 4) is 23.2 Å². The fourth-order valence-electron chi connectivity index (χ4n) is 3.23. The van der Waals surface area contributed by atoms with Crippen LogP contribution in [0, 0.1) is 13.8 Å². The lowest BCUT2D eigenvalue weighted by atomic mass is 10.1. The van der Waals surface area contributed by atoms with E-state index < -0.39 is 0 Å². The molecule has 9 heteroatoms. The van der Waals surface area contributed by atoms with Crippen molar-refractivity contribution in [2.45, 2.75) is 32.8 Å². The zero-order valence-corrected chi connectivity index (χ0v) is 16.1. The number of ether oxygens (including phenoxy) is 2. The van der Waals surface area contributed by atoms with E-state index in [4.69, 9.17) is 13.9 Å². The van der Waals surface area contributed by atoms with Crippen molar-refractivity contribution >= 4 is 5.82 Å². The molecule has 4 heterocycles. The lowest BCUT2D eigenvalue weighted by Crippen LogP contribution is -2.39. The Bertz CT molecular complexity index is 935. The van der Waals surface area contributed by atoms with Crippen LogP contribution in [0.3, 0.4) is 0 Å². The van der Waals surface area contributed by atoms with Crippen LogP contribution < -0.4 is 14.4 Å². The number of nitrogens with zero attached hydrogens (tertiary/aromatic N) is 6. The largest absolute Gasteiger partial charge is 0.489 e. The van der Waals surface area contributed by atoms with E-state index in [-0.39, 0.29) is 6.10 Å². The first-order chi connectivity index (χ1) is 13.6. The molecule has 0 unspecified atom stereocenters. The molecule has 4 rings (SSSR count). The molecule has 28 heavy (non-hydrogen) atoms. The van der Waals surface area contributed by atoms with Gasteiger partial charge in [0, 0.05) is 38.9 Å². The molecule has 0 aliphatic carbocycles. The fraction of sp³-hybridized carbons (Fsp3) is 0.421. The Kier molecular flexibility index (Phi) is 5.05. The molecule has 1 saturated heterocycles. The molecule has 0 radical (unpaired) electrons. The van der Waals surface area contributed by atoms with Gasteiger partial charge in [0.1, 0.15) is 11.9 Å². The summed E-state index contributed by atoms with van der Waals surface area (Å²) in [6.07, 6.45) is 3.65. The topological polar surface area (TPSA) is 99.3 Å². The van der Waals surface area contributed by atoms with Gasteiger partial charge in [0.05, 0.1) is 13.3 Å². The minimum Gasteiger partial charge on any atom is -0.489 e. The molecule has 0 bridgehead atoms. The van der Waals surface area contributed by atoms with Gasteiger partial charge in [-0.15, -0.1) is 20.4 Å². The highest BCUT2D eigenvalue weighted by Gasteiger charge is 2.23. The summed E-state index contributed by atoms with van der Waals surface area (Å²) in [5.74, 6) is 3.11. The summed E-state index contributed by atoms with van der Waals surface area (Å²) in [4.78, 5) is 6.41. The Hall–Kier alpha value is -3.23. The summed E-state index contributed by atoms with van der Waals surface area (Å²) in [5, 5.41) is 16.5. The highest BCUT2D eigenvalue weighted by atomic mass is 16.5. The second kappa shape index (κ2) is 7.79.